The van der Waals surface area contributed by atoms with Gasteiger partial charge >= 0.3 is 5.97 Å². The lowest BCUT2D eigenvalue weighted by Crippen LogP contribution is -2.14. The second-order valence-corrected chi connectivity index (χ2v) is 10.6. The number of carbonyl (C=O) groups is 1. The Morgan fingerprint density at radius 3 is 2.52 bits per heavy atom. The van der Waals surface area contributed by atoms with Crippen LogP contribution in [0.15, 0.2) is 58.0 Å². The normalized spacial score (nSPS) is 20.1. The van der Waals surface area contributed by atoms with E-state index in [-0.39, 0.29) is 23.2 Å². The van der Waals surface area contributed by atoms with Crippen LogP contribution in [-0.4, -0.2) is 5.97 Å². The third kappa shape index (κ3) is 5.22. The van der Waals surface area contributed by atoms with Gasteiger partial charge in [-0.15, -0.1) is 0 Å². The van der Waals surface area contributed by atoms with Crippen molar-refractivity contribution in [1.82, 2.24) is 0 Å². The van der Waals surface area contributed by atoms with Crippen molar-refractivity contribution in [2.45, 2.75) is 20.0 Å². The van der Waals surface area contributed by atoms with Gasteiger partial charge in [0.25, 0.3) is 0 Å². The summed E-state index contributed by atoms with van der Waals surface area (Å²) in [5.41, 5.74) is 0.336. The number of benzene rings is 2. The molecule has 0 N–H and O–H groups in total. The number of rotatable bonds is 6. The molecule has 150 valence electrons. The van der Waals surface area contributed by atoms with E-state index in [2.05, 4.69) is 37.9 Å². The summed E-state index contributed by atoms with van der Waals surface area (Å²) in [5, 5.41) is 10.2. The predicted molar refractivity (Wildman–Crippen MR) is 119 cm³/mol. The van der Waals surface area contributed by atoms with Crippen LogP contribution in [0.4, 0.5) is 0 Å². The zero-order valence-electron chi connectivity index (χ0n) is 15.7. The van der Waals surface area contributed by atoms with Crippen LogP contribution in [0.2, 0.25) is 5.02 Å². The number of nitrogens with zero attached hydrogens (tertiary/aromatic N) is 1. The van der Waals surface area contributed by atoms with Gasteiger partial charge in [0.2, 0.25) is 6.10 Å². The van der Waals surface area contributed by atoms with Gasteiger partial charge < -0.3 is 9.47 Å². The van der Waals surface area contributed by atoms with E-state index < -0.39 is 6.10 Å². The maximum absolute atomic E-state index is 12.7. The lowest BCUT2D eigenvalue weighted by atomic mass is 10.1. The molecule has 1 saturated carbocycles. The van der Waals surface area contributed by atoms with Crippen molar-refractivity contribution < 1.29 is 14.3 Å². The molecular weight excluding hydrogens is 522 g/mol. The maximum atomic E-state index is 12.7. The minimum absolute atomic E-state index is 0.0441. The summed E-state index contributed by atoms with van der Waals surface area (Å²) in [6.07, 6.45) is 0.929. The summed E-state index contributed by atoms with van der Waals surface area (Å²) in [7, 11) is 0. The third-order valence-corrected chi connectivity index (χ3v) is 5.81. The van der Waals surface area contributed by atoms with E-state index in [1.807, 2.05) is 19.9 Å². The van der Waals surface area contributed by atoms with Crippen molar-refractivity contribution >= 4 is 49.4 Å². The Balaban J connectivity index is 1.72. The Kier molecular flexibility index (Phi) is 6.72. The van der Waals surface area contributed by atoms with Gasteiger partial charge in [0.05, 0.1) is 9.31 Å². The Morgan fingerprint density at radius 2 is 1.90 bits per heavy atom. The third-order valence-electron chi connectivity index (χ3n) is 5.03. The number of nitriles is 1. The van der Waals surface area contributed by atoms with Crippen molar-refractivity contribution in [3.8, 4) is 17.6 Å². The van der Waals surface area contributed by atoms with Crippen LogP contribution in [0.1, 0.15) is 25.5 Å². The fourth-order valence-corrected chi connectivity index (χ4v) is 4.01. The number of halogens is 3. The fourth-order valence-electron chi connectivity index (χ4n) is 3.31. The molecule has 0 saturated heterocycles. The van der Waals surface area contributed by atoms with Gasteiger partial charge in [0, 0.05) is 10.6 Å². The highest BCUT2D eigenvalue weighted by Gasteiger charge is 2.61. The van der Waals surface area contributed by atoms with Crippen LogP contribution >= 0.6 is 43.5 Å². The first-order valence-corrected chi connectivity index (χ1v) is 10.8. The Morgan fingerprint density at radius 1 is 1.21 bits per heavy atom. The molecule has 3 rings (SSSR count). The molecule has 0 aliphatic heterocycles. The summed E-state index contributed by atoms with van der Waals surface area (Å²) in [6.45, 7) is 4.01. The first-order valence-electron chi connectivity index (χ1n) is 8.88. The van der Waals surface area contributed by atoms with Crippen molar-refractivity contribution in [3.63, 3.8) is 0 Å². The molecule has 0 bridgehead atoms. The first-order chi connectivity index (χ1) is 13.7. The second kappa shape index (κ2) is 8.91. The molecule has 0 heterocycles. The molecule has 1 fully saturated rings. The van der Waals surface area contributed by atoms with E-state index in [0.717, 1.165) is 3.39 Å². The van der Waals surface area contributed by atoms with Crippen LogP contribution < -0.4 is 4.74 Å². The Hall–Kier alpha value is -1.81. The van der Waals surface area contributed by atoms with E-state index in [0.29, 0.717) is 22.1 Å². The van der Waals surface area contributed by atoms with Gasteiger partial charge in [-0.25, -0.2) is 0 Å². The smallest absolute Gasteiger partial charge is 0.311 e. The maximum Gasteiger partial charge on any atom is 0.311 e. The van der Waals surface area contributed by atoms with Gasteiger partial charge in [0.1, 0.15) is 17.6 Å². The minimum atomic E-state index is -1.01. The number of allylic oxidation sites excluding steroid dienone is 1. The molecule has 4 nitrogen and oxygen atoms in total. The number of carbonyl (C=O) groups excluding carboxylic acids is 1. The number of hydrogen-bond acceptors (Lipinski definition) is 4. The van der Waals surface area contributed by atoms with Crippen LogP contribution in [0.5, 0.6) is 11.5 Å². The van der Waals surface area contributed by atoms with Crippen molar-refractivity contribution in [2.24, 2.45) is 17.3 Å². The molecule has 3 unspecified atom stereocenters. The molecule has 0 amide bonds. The van der Waals surface area contributed by atoms with Gasteiger partial charge in [-0.2, -0.15) is 5.26 Å². The molecule has 1 aliphatic carbocycles. The Bertz CT molecular complexity index is 978. The van der Waals surface area contributed by atoms with Gasteiger partial charge in [-0.3, -0.25) is 4.79 Å². The summed E-state index contributed by atoms with van der Waals surface area (Å²) in [5.74, 6) is 0.524. The summed E-state index contributed by atoms with van der Waals surface area (Å²) in [4.78, 5) is 12.7. The monoisotopic (exact) mass is 537 g/mol. The number of hydrogen-bond donors (Lipinski definition) is 0. The molecule has 0 aromatic heterocycles. The van der Waals surface area contributed by atoms with E-state index in [9.17, 15) is 10.1 Å². The highest BCUT2D eigenvalue weighted by Crippen LogP contribution is 2.60. The van der Waals surface area contributed by atoms with E-state index >= 15 is 0 Å². The quantitative estimate of drug-likeness (QED) is 0.366. The van der Waals surface area contributed by atoms with Crippen molar-refractivity contribution in [3.05, 3.63) is 68.6 Å². The molecule has 2 aromatic carbocycles. The number of ether oxygens (including phenoxy) is 2. The SMILES string of the molecule is CC1(C)C(C=C(Br)Br)C1C(=O)OC(C#N)c1cccc(Oc2ccc(Cl)cc2)c1. The molecule has 7 heteroatoms. The van der Waals surface area contributed by atoms with Gasteiger partial charge in [-0.1, -0.05) is 43.7 Å². The minimum Gasteiger partial charge on any atom is -0.457 e. The van der Waals surface area contributed by atoms with Crippen molar-refractivity contribution in [1.29, 1.82) is 5.26 Å². The molecule has 1 aliphatic rings. The first kappa shape index (κ1) is 21.9. The fraction of sp³-hybridized carbons (Fsp3) is 0.273. The summed E-state index contributed by atoms with van der Waals surface area (Å²) >= 11 is 12.6. The van der Waals surface area contributed by atoms with Crippen LogP contribution in [0.25, 0.3) is 0 Å². The van der Waals surface area contributed by atoms with E-state index in [4.69, 9.17) is 21.1 Å². The molecular formula is C22H18Br2ClNO3. The lowest BCUT2D eigenvalue weighted by molar-refractivity contribution is -0.149. The zero-order valence-corrected chi connectivity index (χ0v) is 19.7. The molecule has 0 spiro atoms. The Labute approximate surface area is 191 Å². The van der Waals surface area contributed by atoms with Gasteiger partial charge in [0.15, 0.2) is 0 Å². The predicted octanol–water partition coefficient (Wildman–Crippen LogP) is 7.14. The summed E-state index contributed by atoms with van der Waals surface area (Å²) in [6, 6.07) is 16.0. The van der Waals surface area contributed by atoms with Crippen molar-refractivity contribution in [2.75, 3.05) is 0 Å². The zero-order chi connectivity index (χ0) is 21.2. The molecule has 3 atom stereocenters. The lowest BCUT2D eigenvalue weighted by Gasteiger charge is -2.13. The highest BCUT2D eigenvalue weighted by atomic mass is 79.9. The molecule has 2 aromatic rings. The standard InChI is InChI=1S/C22H18Br2ClNO3/c1-22(2)17(11-19(23)24)20(22)21(27)29-18(12-26)13-4-3-5-16(10-13)28-15-8-6-14(25)7-9-15/h3-11,17-18,20H,1-2H3. The second-order valence-electron chi connectivity index (χ2n) is 7.36. The molecule has 29 heavy (non-hydrogen) atoms. The molecule has 0 radical (unpaired) electrons. The van der Waals surface area contributed by atoms with E-state index in [1.54, 1.807) is 48.5 Å². The van der Waals surface area contributed by atoms with Crippen LogP contribution in [0.3, 0.4) is 0 Å². The average molecular weight is 540 g/mol. The van der Waals surface area contributed by atoms with Crippen LogP contribution in [-0.2, 0) is 9.53 Å². The number of esters is 1. The highest BCUT2D eigenvalue weighted by molar-refractivity contribution is 9.28. The van der Waals surface area contributed by atoms with Gasteiger partial charge in [-0.05, 0) is 79.6 Å². The topological polar surface area (TPSA) is 59.3 Å². The van der Waals surface area contributed by atoms with Crippen LogP contribution in [0, 0.1) is 28.6 Å². The van der Waals surface area contributed by atoms with E-state index in [1.165, 1.54) is 0 Å². The average Bonchev–Trinajstić information content (AvgIpc) is 3.21. The summed E-state index contributed by atoms with van der Waals surface area (Å²) < 4.78 is 12.1. The largest absolute Gasteiger partial charge is 0.457 e.